The van der Waals surface area contributed by atoms with Crippen LogP contribution in [-0.4, -0.2) is 6.18 Å². The third-order valence-corrected chi connectivity index (χ3v) is 7.00. The van der Waals surface area contributed by atoms with Crippen molar-refractivity contribution in [2.45, 2.75) is 65.0 Å². The van der Waals surface area contributed by atoms with Gasteiger partial charge in [0.05, 0.1) is 5.56 Å². The van der Waals surface area contributed by atoms with Gasteiger partial charge in [0.1, 0.15) is 5.41 Å². The quantitative estimate of drug-likeness (QED) is 0.145. The molecule has 37 heavy (non-hydrogen) atoms. The molecule has 3 aromatic rings. The molecule has 0 heterocycles. The van der Waals surface area contributed by atoms with Crippen LogP contribution in [0.3, 0.4) is 0 Å². The van der Waals surface area contributed by atoms with Gasteiger partial charge in [0, 0.05) is 17.4 Å². The molecule has 3 rings (SSSR count). The van der Waals surface area contributed by atoms with Crippen molar-refractivity contribution in [3.63, 3.8) is 0 Å². The molecule has 2 nitrogen and oxygen atoms in total. The summed E-state index contributed by atoms with van der Waals surface area (Å²) in [5.74, 6) is -8.13. The lowest BCUT2D eigenvalue weighted by molar-refractivity contribution is -0.168. The molecule has 0 spiro atoms. The van der Waals surface area contributed by atoms with Crippen molar-refractivity contribution in [2.24, 2.45) is 0 Å². The second-order valence-electron chi connectivity index (χ2n) is 8.92. The van der Waals surface area contributed by atoms with E-state index in [1.54, 1.807) is 27.7 Å². The van der Waals surface area contributed by atoms with E-state index in [0.717, 1.165) is 24.3 Å². The van der Waals surface area contributed by atoms with Crippen molar-refractivity contribution in [3.8, 4) is 0 Å². The number of alkyl halides is 3. The number of hydrogen-bond acceptors (Lipinski definition) is 2. The summed E-state index contributed by atoms with van der Waals surface area (Å²) in [5.41, 5.74) is 7.45. The van der Waals surface area contributed by atoms with E-state index in [0.29, 0.717) is 22.3 Å². The molecule has 0 saturated carbocycles. The number of benzene rings is 3. The van der Waals surface area contributed by atoms with E-state index in [1.165, 1.54) is 0 Å². The lowest BCUT2D eigenvalue weighted by Crippen LogP contribution is -2.47. The Morgan fingerprint density at radius 2 is 0.865 bits per heavy atom. The fourth-order valence-electron chi connectivity index (χ4n) is 4.99. The first-order chi connectivity index (χ1) is 17.3. The Morgan fingerprint density at radius 1 is 0.568 bits per heavy atom. The Labute approximate surface area is 211 Å². The molecule has 0 fully saturated rings. The molecule has 0 aliphatic heterocycles. The van der Waals surface area contributed by atoms with Gasteiger partial charge >= 0.3 is 6.18 Å². The first-order valence-electron chi connectivity index (χ1n) is 12.0. The van der Waals surface area contributed by atoms with Crippen molar-refractivity contribution in [3.05, 3.63) is 92.5 Å². The van der Waals surface area contributed by atoms with E-state index in [1.807, 2.05) is 0 Å². The maximum atomic E-state index is 15.6. The normalized spacial score (nSPS) is 12.3. The molecular weight excluding hydrogens is 497 g/mol. The molecule has 0 bridgehead atoms. The van der Waals surface area contributed by atoms with Crippen LogP contribution in [0.2, 0.25) is 0 Å². The van der Waals surface area contributed by atoms with Crippen molar-refractivity contribution < 1.29 is 30.7 Å². The smallest absolute Gasteiger partial charge is 0.398 e. The molecule has 0 atom stereocenters. The van der Waals surface area contributed by atoms with Crippen LogP contribution in [0.5, 0.6) is 0 Å². The van der Waals surface area contributed by atoms with Gasteiger partial charge in [0.25, 0.3) is 0 Å². The Bertz CT molecular complexity index is 1190. The standard InChI is InChI=1S/C28H29F7N2/c1-5-14-9-18(10-15(6-2)25(14)36)27(28(33,34)35,22-23(31)20(29)13-21(30)24(22)32)19-11-16(7-3)26(37)17(8-4)12-19/h9-13H,5-8,36-37H2,1-4H3. The van der Waals surface area contributed by atoms with E-state index in [4.69, 9.17) is 11.5 Å². The van der Waals surface area contributed by atoms with Gasteiger partial charge in [-0.3, -0.25) is 0 Å². The Kier molecular flexibility index (Phi) is 7.86. The lowest BCUT2D eigenvalue weighted by atomic mass is 9.66. The van der Waals surface area contributed by atoms with E-state index in [9.17, 15) is 8.78 Å². The molecule has 0 unspecified atom stereocenters. The third kappa shape index (κ3) is 4.42. The molecule has 0 amide bonds. The second-order valence-corrected chi connectivity index (χ2v) is 8.92. The highest BCUT2D eigenvalue weighted by Gasteiger charge is 2.62. The zero-order valence-corrected chi connectivity index (χ0v) is 21.0. The molecule has 0 aromatic heterocycles. The fourth-order valence-corrected chi connectivity index (χ4v) is 4.99. The van der Waals surface area contributed by atoms with Crippen LogP contribution in [0.4, 0.5) is 42.1 Å². The molecule has 200 valence electrons. The van der Waals surface area contributed by atoms with Gasteiger partial charge in [-0.1, -0.05) is 52.0 Å². The van der Waals surface area contributed by atoms with Crippen LogP contribution in [0.1, 0.15) is 66.6 Å². The van der Waals surface area contributed by atoms with Crippen LogP contribution in [0.15, 0.2) is 30.3 Å². The summed E-state index contributed by atoms with van der Waals surface area (Å²) >= 11 is 0. The first-order valence-corrected chi connectivity index (χ1v) is 12.0. The van der Waals surface area contributed by atoms with Gasteiger partial charge in [0.2, 0.25) is 0 Å². The van der Waals surface area contributed by atoms with Crippen molar-refractivity contribution in [1.82, 2.24) is 0 Å². The van der Waals surface area contributed by atoms with E-state index in [-0.39, 0.29) is 43.1 Å². The van der Waals surface area contributed by atoms with Gasteiger partial charge in [-0.15, -0.1) is 0 Å². The first kappa shape index (κ1) is 28.3. The lowest BCUT2D eigenvalue weighted by Gasteiger charge is -2.39. The number of rotatable bonds is 7. The predicted octanol–water partition coefficient (Wildman–Crippen LogP) is 7.55. The Morgan fingerprint density at radius 3 is 1.11 bits per heavy atom. The van der Waals surface area contributed by atoms with Crippen LogP contribution in [-0.2, 0) is 31.1 Å². The molecule has 0 aliphatic carbocycles. The average Bonchev–Trinajstić information content (AvgIpc) is 2.85. The molecule has 9 heteroatoms. The highest BCUT2D eigenvalue weighted by molar-refractivity contribution is 5.65. The molecule has 4 N–H and O–H groups in total. The second kappa shape index (κ2) is 10.3. The number of nitrogens with two attached hydrogens (primary N) is 2. The highest BCUT2D eigenvalue weighted by Crippen LogP contribution is 2.54. The largest absolute Gasteiger partial charge is 0.406 e. The number of nitrogen functional groups attached to an aromatic ring is 2. The van der Waals surface area contributed by atoms with Crippen LogP contribution >= 0.6 is 0 Å². The summed E-state index contributed by atoms with van der Waals surface area (Å²) in [5, 5.41) is 0. The average molecular weight is 527 g/mol. The SMILES string of the molecule is CCc1cc(C(c2cc(CC)c(N)c(CC)c2)(c2c(F)c(F)cc(F)c2F)C(F)(F)F)cc(CC)c1N. The molecule has 0 saturated heterocycles. The Hall–Kier alpha value is -3.23. The topological polar surface area (TPSA) is 52.0 Å². The third-order valence-electron chi connectivity index (χ3n) is 7.00. The van der Waals surface area contributed by atoms with E-state index >= 15 is 22.0 Å². The summed E-state index contributed by atoms with van der Waals surface area (Å²) in [6.07, 6.45) is -4.60. The Balaban J connectivity index is 2.74. The minimum atomic E-state index is -5.45. The highest BCUT2D eigenvalue weighted by atomic mass is 19.4. The summed E-state index contributed by atoms with van der Waals surface area (Å²) in [4.78, 5) is 0. The van der Waals surface area contributed by atoms with Gasteiger partial charge in [0.15, 0.2) is 23.3 Å². The van der Waals surface area contributed by atoms with Crippen molar-refractivity contribution in [2.75, 3.05) is 11.5 Å². The van der Waals surface area contributed by atoms with E-state index in [2.05, 4.69) is 0 Å². The predicted molar refractivity (Wildman–Crippen MR) is 131 cm³/mol. The number of aryl methyl sites for hydroxylation is 4. The van der Waals surface area contributed by atoms with Gasteiger partial charge in [-0.05, 0) is 59.1 Å². The summed E-state index contributed by atoms with van der Waals surface area (Å²) in [7, 11) is 0. The number of hydrogen-bond donors (Lipinski definition) is 2. The zero-order valence-electron chi connectivity index (χ0n) is 21.0. The van der Waals surface area contributed by atoms with Crippen LogP contribution < -0.4 is 11.5 Å². The van der Waals surface area contributed by atoms with Gasteiger partial charge in [-0.2, -0.15) is 13.2 Å². The van der Waals surface area contributed by atoms with Crippen LogP contribution in [0.25, 0.3) is 0 Å². The summed E-state index contributed by atoms with van der Waals surface area (Å²) in [6.45, 7) is 6.67. The number of halogens is 7. The maximum absolute atomic E-state index is 15.6. The van der Waals surface area contributed by atoms with Gasteiger partial charge < -0.3 is 11.5 Å². The van der Waals surface area contributed by atoms with Crippen molar-refractivity contribution >= 4 is 11.4 Å². The molecule has 3 aromatic carbocycles. The minimum Gasteiger partial charge on any atom is -0.398 e. The molecule has 0 aliphatic rings. The molecular formula is C28H29F7N2. The van der Waals surface area contributed by atoms with Crippen LogP contribution in [0, 0.1) is 23.3 Å². The monoisotopic (exact) mass is 526 g/mol. The maximum Gasteiger partial charge on any atom is 0.406 e. The van der Waals surface area contributed by atoms with E-state index < -0.39 is 51.6 Å². The summed E-state index contributed by atoms with van der Waals surface area (Å²) in [6, 6.07) is 4.33. The van der Waals surface area contributed by atoms with Gasteiger partial charge in [-0.25, -0.2) is 17.6 Å². The molecule has 0 radical (unpaired) electrons. The van der Waals surface area contributed by atoms with Crippen molar-refractivity contribution in [1.29, 1.82) is 0 Å². The number of anilines is 2. The zero-order chi connectivity index (χ0) is 27.9. The summed E-state index contributed by atoms with van der Waals surface area (Å²) < 4.78 is 106. The minimum absolute atomic E-state index is 0.106. The fraction of sp³-hybridized carbons (Fsp3) is 0.357.